The fourth-order valence-electron chi connectivity index (χ4n) is 4.84. The zero-order valence-electron chi connectivity index (χ0n) is 12.8. The largest absolute Gasteiger partial charge is 0.291 e. The van der Waals surface area contributed by atoms with Gasteiger partial charge in [0, 0.05) is 13.2 Å². The molecule has 0 aromatic carbocycles. The predicted molar refractivity (Wildman–Crippen MR) is 84.9 cm³/mol. The van der Waals surface area contributed by atoms with Crippen molar-refractivity contribution in [3.8, 4) is 0 Å². The lowest BCUT2D eigenvalue weighted by Gasteiger charge is -2.37. The SMILES string of the molecule is Cn1cc(Br)c(C(=O)NN2C(=O)[C@H]3[C@@H]4C=C[C@H]([C@H]5C[C@H]45)[C@@H]3C2=O)n1. The van der Waals surface area contributed by atoms with Gasteiger partial charge in [0.05, 0.1) is 16.3 Å². The molecule has 24 heavy (non-hydrogen) atoms. The number of aryl methyl sites for hydroxylation is 1. The number of carbonyl (C=O) groups is 3. The Bertz CT molecular complexity index is 795. The van der Waals surface area contributed by atoms with E-state index in [1.165, 1.54) is 4.68 Å². The van der Waals surface area contributed by atoms with Gasteiger partial charge >= 0.3 is 0 Å². The monoisotopic (exact) mass is 390 g/mol. The second kappa shape index (κ2) is 4.56. The summed E-state index contributed by atoms with van der Waals surface area (Å²) in [7, 11) is 1.69. The van der Waals surface area contributed by atoms with E-state index in [1.807, 2.05) is 0 Å². The Kier molecular flexibility index (Phi) is 2.73. The van der Waals surface area contributed by atoms with E-state index in [0.29, 0.717) is 16.3 Å². The van der Waals surface area contributed by atoms with Crippen molar-refractivity contribution in [3.05, 3.63) is 28.5 Å². The van der Waals surface area contributed by atoms with Gasteiger partial charge < -0.3 is 0 Å². The molecule has 6 rings (SSSR count). The molecule has 3 amide bonds. The van der Waals surface area contributed by atoms with Gasteiger partial charge in [0.2, 0.25) is 0 Å². The molecule has 1 aromatic rings. The first kappa shape index (κ1) is 14.4. The predicted octanol–water partition coefficient (Wildman–Crippen LogP) is 0.881. The fraction of sp³-hybridized carbons (Fsp3) is 0.500. The number of carbonyl (C=O) groups excluding carboxylic acids is 3. The molecular weight excluding hydrogens is 376 g/mol. The van der Waals surface area contributed by atoms with E-state index in [1.54, 1.807) is 13.2 Å². The molecule has 2 saturated carbocycles. The van der Waals surface area contributed by atoms with Gasteiger partial charge in [0.25, 0.3) is 17.7 Å². The number of hydrogen-bond donors (Lipinski definition) is 1. The highest BCUT2D eigenvalue weighted by molar-refractivity contribution is 9.10. The lowest BCUT2D eigenvalue weighted by Crippen LogP contribution is -2.47. The standard InChI is InChI=1S/C16H15BrN4O3/c1-20-5-10(17)13(18-20)14(22)19-21-15(23)11-6-2-3-7(9-4-8(6)9)12(11)16(21)24/h2-3,5-9,11-12H,4H2,1H3,(H,19,22)/t6-,7-,8-,9-,11+,12+/m1/s1. The third-order valence-electron chi connectivity index (χ3n) is 5.88. The van der Waals surface area contributed by atoms with Gasteiger partial charge in [-0.1, -0.05) is 12.2 Å². The van der Waals surface area contributed by atoms with E-state index in [4.69, 9.17) is 0 Å². The van der Waals surface area contributed by atoms with Crippen LogP contribution >= 0.6 is 15.9 Å². The summed E-state index contributed by atoms with van der Waals surface area (Å²) in [6.45, 7) is 0. The Balaban J connectivity index is 1.42. The Morgan fingerprint density at radius 1 is 1.21 bits per heavy atom. The summed E-state index contributed by atoms with van der Waals surface area (Å²) in [6.07, 6.45) is 6.96. The smallest absolute Gasteiger partial charge is 0.274 e. The Hall–Kier alpha value is -1.96. The molecule has 0 unspecified atom stereocenters. The number of imide groups is 1. The van der Waals surface area contributed by atoms with Crippen LogP contribution in [0.3, 0.4) is 0 Å². The summed E-state index contributed by atoms with van der Waals surface area (Å²) < 4.78 is 2.01. The van der Waals surface area contributed by atoms with Gasteiger partial charge in [-0.2, -0.15) is 10.1 Å². The zero-order valence-corrected chi connectivity index (χ0v) is 14.4. The minimum Gasteiger partial charge on any atom is -0.274 e. The van der Waals surface area contributed by atoms with Gasteiger partial charge in [-0.3, -0.25) is 24.5 Å². The van der Waals surface area contributed by atoms with Gasteiger partial charge in [-0.25, -0.2) is 0 Å². The molecule has 0 spiro atoms. The molecule has 1 N–H and O–H groups in total. The van der Waals surface area contributed by atoms with Crippen LogP contribution in [0.4, 0.5) is 0 Å². The molecule has 6 atom stereocenters. The van der Waals surface area contributed by atoms with E-state index in [2.05, 4.69) is 38.6 Å². The van der Waals surface area contributed by atoms with Crippen molar-refractivity contribution < 1.29 is 14.4 Å². The number of hydrazine groups is 1. The molecule has 5 aliphatic rings. The van der Waals surface area contributed by atoms with Gasteiger partial charge in [0.1, 0.15) is 0 Å². The van der Waals surface area contributed by atoms with E-state index in [9.17, 15) is 14.4 Å². The van der Waals surface area contributed by atoms with Crippen molar-refractivity contribution in [1.82, 2.24) is 20.2 Å². The van der Waals surface area contributed by atoms with Crippen LogP contribution < -0.4 is 5.43 Å². The van der Waals surface area contributed by atoms with Crippen LogP contribution in [0.5, 0.6) is 0 Å². The third-order valence-corrected chi connectivity index (χ3v) is 6.46. The normalized spacial score (nSPS) is 38.3. The molecule has 1 aromatic heterocycles. The molecule has 2 bridgehead atoms. The molecule has 2 heterocycles. The van der Waals surface area contributed by atoms with Crippen molar-refractivity contribution in [2.45, 2.75) is 6.42 Å². The summed E-state index contributed by atoms with van der Waals surface area (Å²) in [5.74, 6) is -0.391. The highest BCUT2D eigenvalue weighted by Crippen LogP contribution is 2.65. The summed E-state index contributed by atoms with van der Waals surface area (Å²) >= 11 is 3.26. The van der Waals surface area contributed by atoms with E-state index >= 15 is 0 Å². The van der Waals surface area contributed by atoms with Crippen LogP contribution in [0.25, 0.3) is 0 Å². The molecule has 4 aliphatic carbocycles. The zero-order chi connectivity index (χ0) is 16.7. The highest BCUT2D eigenvalue weighted by Gasteiger charge is 2.67. The maximum Gasteiger partial charge on any atom is 0.291 e. The third kappa shape index (κ3) is 1.72. The van der Waals surface area contributed by atoms with Crippen molar-refractivity contribution >= 4 is 33.7 Å². The van der Waals surface area contributed by atoms with E-state index < -0.39 is 5.91 Å². The van der Waals surface area contributed by atoms with Gasteiger partial charge in [-0.15, -0.1) is 0 Å². The van der Waals surface area contributed by atoms with Crippen LogP contribution in [0.2, 0.25) is 0 Å². The average Bonchev–Trinajstić information content (AvgIpc) is 3.26. The molecule has 7 nitrogen and oxygen atoms in total. The number of hydrogen-bond acceptors (Lipinski definition) is 4. The van der Waals surface area contributed by atoms with Gasteiger partial charge in [-0.05, 0) is 46.0 Å². The summed E-state index contributed by atoms with van der Waals surface area (Å²) in [6, 6.07) is 0. The number of nitrogens with one attached hydrogen (secondary N) is 1. The maximum atomic E-state index is 12.8. The minimum absolute atomic E-state index is 0.143. The molecule has 8 heteroatoms. The van der Waals surface area contributed by atoms with Crippen molar-refractivity contribution in [3.63, 3.8) is 0 Å². The molecule has 0 radical (unpaired) electrons. The summed E-state index contributed by atoms with van der Waals surface area (Å²) in [4.78, 5) is 38.0. The van der Waals surface area contributed by atoms with Crippen LogP contribution in [-0.2, 0) is 16.6 Å². The quantitative estimate of drug-likeness (QED) is 0.599. The molecule has 1 saturated heterocycles. The average molecular weight is 391 g/mol. The van der Waals surface area contributed by atoms with Crippen LogP contribution in [-0.4, -0.2) is 32.5 Å². The molecular formula is C16H15BrN4O3. The first-order valence-electron chi connectivity index (χ1n) is 8.03. The lowest BCUT2D eigenvalue weighted by molar-refractivity contribution is -0.143. The minimum atomic E-state index is -0.562. The van der Waals surface area contributed by atoms with Crippen molar-refractivity contribution in [2.24, 2.45) is 42.6 Å². The Morgan fingerprint density at radius 3 is 2.29 bits per heavy atom. The second-order valence-corrected chi connectivity index (χ2v) is 7.96. The highest BCUT2D eigenvalue weighted by atomic mass is 79.9. The van der Waals surface area contributed by atoms with Crippen LogP contribution in [0.15, 0.2) is 22.8 Å². The van der Waals surface area contributed by atoms with Crippen molar-refractivity contribution in [2.75, 3.05) is 0 Å². The first-order chi connectivity index (χ1) is 11.5. The topological polar surface area (TPSA) is 84.3 Å². The maximum absolute atomic E-state index is 12.8. The van der Waals surface area contributed by atoms with E-state index in [-0.39, 0.29) is 41.2 Å². The number of allylic oxidation sites excluding steroid dienone is 2. The van der Waals surface area contributed by atoms with Crippen molar-refractivity contribution in [1.29, 1.82) is 0 Å². The molecule has 1 aliphatic heterocycles. The van der Waals surface area contributed by atoms with E-state index in [0.717, 1.165) is 11.4 Å². The molecule has 3 fully saturated rings. The number of aromatic nitrogens is 2. The first-order valence-corrected chi connectivity index (χ1v) is 8.83. The summed E-state index contributed by atoms with van der Waals surface area (Å²) in [5, 5.41) is 4.98. The summed E-state index contributed by atoms with van der Waals surface area (Å²) in [5.41, 5.74) is 2.62. The Morgan fingerprint density at radius 2 is 1.79 bits per heavy atom. The number of nitrogens with zero attached hydrogens (tertiary/aromatic N) is 3. The van der Waals surface area contributed by atoms with Gasteiger partial charge in [0.15, 0.2) is 5.69 Å². The molecule has 124 valence electrons. The van der Waals surface area contributed by atoms with Crippen LogP contribution in [0.1, 0.15) is 16.9 Å². The number of amides is 3. The number of rotatable bonds is 2. The Labute approximate surface area is 146 Å². The second-order valence-electron chi connectivity index (χ2n) is 7.11. The fourth-order valence-corrected chi connectivity index (χ4v) is 5.39. The lowest BCUT2D eigenvalue weighted by atomic mass is 9.63. The van der Waals surface area contributed by atoms with Crippen LogP contribution in [0, 0.1) is 35.5 Å². The number of halogens is 1.